The van der Waals surface area contributed by atoms with Crippen LogP contribution in [0.25, 0.3) is 0 Å². The largest absolute Gasteiger partial charge is 0.271 e. The van der Waals surface area contributed by atoms with Crippen LogP contribution in [0.2, 0.25) is 0 Å². The van der Waals surface area contributed by atoms with Crippen LogP contribution in [0.1, 0.15) is 0 Å². The molecule has 1 rings (SSSR count). The molecule has 1 aromatic rings. The highest BCUT2D eigenvalue weighted by atomic mass is 32.1. The summed E-state index contributed by atoms with van der Waals surface area (Å²) in [6.07, 6.45) is 0. The Morgan fingerprint density at radius 2 is 1.75 bits per heavy atom. The molecular formula is C9H12N2S. The van der Waals surface area contributed by atoms with Crippen molar-refractivity contribution >= 4 is 23.4 Å². The van der Waals surface area contributed by atoms with Gasteiger partial charge in [-0.15, -0.1) is 0 Å². The van der Waals surface area contributed by atoms with Gasteiger partial charge in [0, 0.05) is 14.1 Å². The van der Waals surface area contributed by atoms with Crippen molar-refractivity contribution in [1.29, 1.82) is 0 Å². The Morgan fingerprint density at radius 3 is 2.17 bits per heavy atom. The van der Waals surface area contributed by atoms with Crippen molar-refractivity contribution in [3.05, 3.63) is 30.3 Å². The number of hydrazine groups is 1. The molecule has 0 amide bonds. The standard InChI is InChI=1S/C9H12N2S/c1-10(2)11(8-12)9-6-4-3-5-7-9/h3-8H,1-2H3. The molecule has 0 saturated carbocycles. The van der Waals surface area contributed by atoms with Gasteiger partial charge in [0.15, 0.2) is 0 Å². The van der Waals surface area contributed by atoms with Gasteiger partial charge < -0.3 is 0 Å². The van der Waals surface area contributed by atoms with Gasteiger partial charge in [-0.2, -0.15) is 0 Å². The summed E-state index contributed by atoms with van der Waals surface area (Å²) >= 11 is 4.89. The average Bonchev–Trinajstić information content (AvgIpc) is 2.07. The van der Waals surface area contributed by atoms with Gasteiger partial charge in [-0.25, -0.2) is 5.01 Å². The number of thiocarbonyl (C=S) groups is 1. The van der Waals surface area contributed by atoms with Crippen LogP contribution in [-0.4, -0.2) is 24.6 Å². The Hall–Kier alpha value is -0.930. The minimum absolute atomic E-state index is 1.08. The maximum absolute atomic E-state index is 4.89. The lowest BCUT2D eigenvalue weighted by atomic mass is 10.3. The van der Waals surface area contributed by atoms with Crippen molar-refractivity contribution < 1.29 is 0 Å². The van der Waals surface area contributed by atoms with Crippen molar-refractivity contribution in [3.8, 4) is 0 Å². The van der Waals surface area contributed by atoms with E-state index in [2.05, 4.69) is 0 Å². The molecule has 0 aliphatic rings. The van der Waals surface area contributed by atoms with Gasteiger partial charge in [0.05, 0.1) is 11.2 Å². The summed E-state index contributed by atoms with van der Waals surface area (Å²) in [5.41, 5.74) is 2.70. The van der Waals surface area contributed by atoms with E-state index in [4.69, 9.17) is 12.2 Å². The summed E-state index contributed by atoms with van der Waals surface area (Å²) in [5, 5.41) is 3.83. The minimum Gasteiger partial charge on any atom is -0.271 e. The predicted molar refractivity (Wildman–Crippen MR) is 56.3 cm³/mol. The van der Waals surface area contributed by atoms with Gasteiger partial charge in [-0.1, -0.05) is 30.4 Å². The highest BCUT2D eigenvalue weighted by Crippen LogP contribution is 2.11. The van der Waals surface area contributed by atoms with E-state index in [1.54, 1.807) is 5.49 Å². The zero-order chi connectivity index (χ0) is 8.97. The van der Waals surface area contributed by atoms with Gasteiger partial charge in [0.1, 0.15) is 0 Å². The summed E-state index contributed by atoms with van der Waals surface area (Å²) in [5.74, 6) is 0. The third kappa shape index (κ3) is 2.03. The van der Waals surface area contributed by atoms with Crippen LogP contribution >= 0.6 is 12.2 Å². The lowest BCUT2D eigenvalue weighted by Crippen LogP contribution is -2.34. The summed E-state index contributed by atoms with van der Waals surface area (Å²) < 4.78 is 0. The second-order valence-corrected chi connectivity index (χ2v) is 2.84. The zero-order valence-corrected chi connectivity index (χ0v) is 8.08. The van der Waals surface area contributed by atoms with Crippen LogP contribution in [0.4, 0.5) is 5.69 Å². The third-order valence-electron chi connectivity index (χ3n) is 1.55. The first kappa shape index (κ1) is 9.16. The molecule has 0 unspecified atom stereocenters. The van der Waals surface area contributed by atoms with Crippen molar-refractivity contribution in [2.24, 2.45) is 0 Å². The Morgan fingerprint density at radius 1 is 1.17 bits per heavy atom. The van der Waals surface area contributed by atoms with E-state index in [1.807, 2.05) is 54.4 Å². The molecule has 0 aliphatic heterocycles. The van der Waals surface area contributed by atoms with E-state index in [1.165, 1.54) is 0 Å². The maximum Gasteiger partial charge on any atom is 0.0847 e. The van der Waals surface area contributed by atoms with E-state index in [0.717, 1.165) is 5.69 Å². The average molecular weight is 180 g/mol. The minimum atomic E-state index is 1.08. The normalized spacial score (nSPS) is 9.92. The molecule has 0 aliphatic carbocycles. The molecule has 3 heteroatoms. The van der Waals surface area contributed by atoms with Gasteiger partial charge >= 0.3 is 0 Å². The quantitative estimate of drug-likeness (QED) is 0.518. The molecule has 0 saturated heterocycles. The van der Waals surface area contributed by atoms with Crippen molar-refractivity contribution in [1.82, 2.24) is 5.01 Å². The second kappa shape index (κ2) is 4.18. The SMILES string of the molecule is CN(C)N(C=S)c1ccccc1. The van der Waals surface area contributed by atoms with Crippen LogP contribution in [0.5, 0.6) is 0 Å². The lowest BCUT2D eigenvalue weighted by Gasteiger charge is -2.25. The Balaban J connectivity index is 2.88. The molecule has 0 aromatic heterocycles. The molecule has 0 radical (unpaired) electrons. The Kier molecular flexibility index (Phi) is 3.19. The first-order valence-electron chi connectivity index (χ1n) is 3.72. The van der Waals surface area contributed by atoms with Crippen molar-refractivity contribution in [2.45, 2.75) is 0 Å². The van der Waals surface area contributed by atoms with Crippen molar-refractivity contribution in [3.63, 3.8) is 0 Å². The van der Waals surface area contributed by atoms with E-state index in [9.17, 15) is 0 Å². The monoisotopic (exact) mass is 180 g/mol. The fraction of sp³-hybridized carbons (Fsp3) is 0.222. The van der Waals surface area contributed by atoms with Gasteiger partial charge in [0.25, 0.3) is 0 Å². The van der Waals surface area contributed by atoms with E-state index >= 15 is 0 Å². The lowest BCUT2D eigenvalue weighted by molar-refractivity contribution is 0.435. The van der Waals surface area contributed by atoms with Gasteiger partial charge in [0.2, 0.25) is 0 Å². The van der Waals surface area contributed by atoms with Crippen LogP contribution in [-0.2, 0) is 0 Å². The molecule has 0 atom stereocenters. The molecule has 2 nitrogen and oxygen atoms in total. The number of rotatable bonds is 3. The smallest absolute Gasteiger partial charge is 0.0847 e. The van der Waals surface area contributed by atoms with E-state index in [0.29, 0.717) is 0 Å². The predicted octanol–water partition coefficient (Wildman–Crippen LogP) is 1.93. The van der Waals surface area contributed by atoms with Crippen LogP contribution in [0.15, 0.2) is 30.3 Å². The molecule has 0 spiro atoms. The molecular weight excluding hydrogens is 168 g/mol. The van der Waals surface area contributed by atoms with Crippen LogP contribution in [0, 0.1) is 0 Å². The number of hydrogen-bond donors (Lipinski definition) is 0. The van der Waals surface area contributed by atoms with E-state index in [-0.39, 0.29) is 0 Å². The summed E-state index contributed by atoms with van der Waals surface area (Å²) in [4.78, 5) is 0. The topological polar surface area (TPSA) is 6.48 Å². The van der Waals surface area contributed by atoms with Crippen molar-refractivity contribution in [2.75, 3.05) is 19.1 Å². The summed E-state index contributed by atoms with van der Waals surface area (Å²) in [6, 6.07) is 10.0. The number of para-hydroxylation sites is 1. The highest BCUT2D eigenvalue weighted by Gasteiger charge is 2.02. The first-order valence-corrected chi connectivity index (χ1v) is 4.19. The number of anilines is 1. The van der Waals surface area contributed by atoms with Crippen LogP contribution < -0.4 is 5.01 Å². The third-order valence-corrected chi connectivity index (χ3v) is 1.75. The number of benzene rings is 1. The first-order chi connectivity index (χ1) is 5.75. The Bertz CT molecular complexity index is 246. The number of hydrogen-bond acceptors (Lipinski definition) is 2. The van der Waals surface area contributed by atoms with Gasteiger partial charge in [-0.05, 0) is 12.1 Å². The summed E-state index contributed by atoms with van der Waals surface area (Å²) in [6.45, 7) is 0. The fourth-order valence-electron chi connectivity index (χ4n) is 0.967. The molecule has 12 heavy (non-hydrogen) atoms. The molecule has 0 fully saturated rings. The van der Waals surface area contributed by atoms with Gasteiger partial charge in [-0.3, -0.25) is 5.01 Å². The Labute approximate surface area is 78.4 Å². The molecule has 0 heterocycles. The van der Waals surface area contributed by atoms with E-state index < -0.39 is 0 Å². The fourth-order valence-corrected chi connectivity index (χ4v) is 1.28. The molecule has 0 N–H and O–H groups in total. The molecule has 64 valence electrons. The highest BCUT2D eigenvalue weighted by molar-refractivity contribution is 7.79. The number of nitrogens with zero attached hydrogens (tertiary/aromatic N) is 2. The molecule has 0 bridgehead atoms. The zero-order valence-electron chi connectivity index (χ0n) is 7.27. The molecule has 1 aromatic carbocycles. The van der Waals surface area contributed by atoms with Crippen LogP contribution in [0.3, 0.4) is 0 Å². The second-order valence-electron chi connectivity index (χ2n) is 2.63. The maximum atomic E-state index is 4.89. The summed E-state index contributed by atoms with van der Waals surface area (Å²) in [7, 11) is 3.91.